The third-order valence-corrected chi connectivity index (χ3v) is 6.82. The molecule has 0 heterocycles. The SMILES string of the molecule is CCCOCC(C)(COC(=O)C(C)(CC)OCc1ccc(C)cc1)C(=O)OC1CCC(N=C(N)N)CC1. The summed E-state index contributed by atoms with van der Waals surface area (Å²) in [4.78, 5) is 30.6. The average Bonchev–Trinajstić information content (AvgIpc) is 2.87. The van der Waals surface area contributed by atoms with Crippen LogP contribution < -0.4 is 11.5 Å². The van der Waals surface area contributed by atoms with Crippen molar-refractivity contribution in [2.75, 3.05) is 19.8 Å². The van der Waals surface area contributed by atoms with Crippen molar-refractivity contribution in [3.63, 3.8) is 0 Å². The Morgan fingerprint density at radius 2 is 1.65 bits per heavy atom. The molecule has 1 aromatic rings. The van der Waals surface area contributed by atoms with Gasteiger partial charge in [-0.1, -0.05) is 43.7 Å². The number of guanidine groups is 1. The zero-order chi connectivity index (χ0) is 27.5. The van der Waals surface area contributed by atoms with E-state index in [9.17, 15) is 9.59 Å². The Morgan fingerprint density at radius 1 is 1.00 bits per heavy atom. The lowest BCUT2D eigenvalue weighted by molar-refractivity contribution is -0.184. The third-order valence-electron chi connectivity index (χ3n) is 6.82. The second kappa shape index (κ2) is 14.3. The van der Waals surface area contributed by atoms with Gasteiger partial charge in [-0.2, -0.15) is 0 Å². The van der Waals surface area contributed by atoms with E-state index in [1.54, 1.807) is 13.8 Å². The Morgan fingerprint density at radius 3 is 2.22 bits per heavy atom. The van der Waals surface area contributed by atoms with Crippen LogP contribution in [0.15, 0.2) is 29.3 Å². The van der Waals surface area contributed by atoms with E-state index in [4.69, 9.17) is 30.4 Å². The molecule has 1 aromatic carbocycles. The maximum Gasteiger partial charge on any atom is 0.338 e. The van der Waals surface area contributed by atoms with E-state index in [-0.39, 0.29) is 37.9 Å². The van der Waals surface area contributed by atoms with Crippen LogP contribution in [0.2, 0.25) is 0 Å². The number of rotatable bonds is 14. The van der Waals surface area contributed by atoms with E-state index >= 15 is 0 Å². The summed E-state index contributed by atoms with van der Waals surface area (Å²) >= 11 is 0. The Kier molecular flexibility index (Phi) is 11.8. The molecule has 2 atom stereocenters. The minimum absolute atomic E-state index is 0.0480. The van der Waals surface area contributed by atoms with Gasteiger partial charge < -0.3 is 30.4 Å². The predicted octanol–water partition coefficient (Wildman–Crippen LogP) is 3.78. The Hall–Kier alpha value is -2.65. The predicted molar refractivity (Wildman–Crippen MR) is 143 cm³/mol. The van der Waals surface area contributed by atoms with Crippen LogP contribution in [0.25, 0.3) is 0 Å². The number of benzene rings is 1. The van der Waals surface area contributed by atoms with Crippen molar-refractivity contribution in [1.82, 2.24) is 0 Å². The molecule has 0 aliphatic heterocycles. The first-order valence-corrected chi connectivity index (χ1v) is 13.3. The normalized spacial score (nSPS) is 20.8. The number of carbonyl (C=O) groups is 2. The maximum absolute atomic E-state index is 13.3. The van der Waals surface area contributed by atoms with Gasteiger partial charge >= 0.3 is 11.9 Å². The number of esters is 2. The van der Waals surface area contributed by atoms with Gasteiger partial charge in [0.1, 0.15) is 18.1 Å². The molecule has 1 aliphatic carbocycles. The first-order chi connectivity index (χ1) is 17.5. The van der Waals surface area contributed by atoms with Crippen molar-refractivity contribution in [3.8, 4) is 0 Å². The van der Waals surface area contributed by atoms with Gasteiger partial charge in [0, 0.05) is 6.61 Å². The molecule has 4 N–H and O–H groups in total. The molecule has 9 heteroatoms. The number of hydrogen-bond donors (Lipinski definition) is 2. The van der Waals surface area contributed by atoms with Crippen molar-refractivity contribution < 1.29 is 28.5 Å². The summed E-state index contributed by atoms with van der Waals surface area (Å²) in [5.74, 6) is -0.889. The van der Waals surface area contributed by atoms with Crippen LogP contribution >= 0.6 is 0 Å². The van der Waals surface area contributed by atoms with Gasteiger partial charge in [0.15, 0.2) is 11.6 Å². The molecule has 2 rings (SSSR count). The lowest BCUT2D eigenvalue weighted by Gasteiger charge is -2.33. The number of ether oxygens (including phenoxy) is 4. The zero-order valence-electron chi connectivity index (χ0n) is 23.1. The monoisotopic (exact) mass is 519 g/mol. The molecule has 0 amide bonds. The van der Waals surface area contributed by atoms with Crippen molar-refractivity contribution in [2.45, 2.75) is 97.5 Å². The summed E-state index contributed by atoms with van der Waals surface area (Å²) in [5, 5.41) is 0. The summed E-state index contributed by atoms with van der Waals surface area (Å²) in [6.45, 7) is 9.98. The maximum atomic E-state index is 13.3. The number of aryl methyl sites for hydroxylation is 1. The summed E-state index contributed by atoms with van der Waals surface area (Å²) < 4.78 is 23.2. The summed E-state index contributed by atoms with van der Waals surface area (Å²) in [6.07, 6.45) is 3.80. The second-order valence-electron chi connectivity index (χ2n) is 10.4. The highest BCUT2D eigenvalue weighted by Crippen LogP contribution is 2.29. The highest BCUT2D eigenvalue weighted by atomic mass is 16.6. The average molecular weight is 520 g/mol. The van der Waals surface area contributed by atoms with Crippen LogP contribution in [-0.4, -0.2) is 55.5 Å². The molecular formula is C28H45N3O6. The highest BCUT2D eigenvalue weighted by Gasteiger charge is 2.42. The molecule has 0 bridgehead atoms. The van der Waals surface area contributed by atoms with Gasteiger partial charge in [0.05, 0.1) is 19.3 Å². The Balaban J connectivity index is 1.99. The first-order valence-electron chi connectivity index (χ1n) is 13.3. The largest absolute Gasteiger partial charge is 0.462 e. The van der Waals surface area contributed by atoms with E-state index < -0.39 is 23.0 Å². The van der Waals surface area contributed by atoms with Gasteiger partial charge in [-0.05, 0) is 64.9 Å². The van der Waals surface area contributed by atoms with E-state index in [1.807, 2.05) is 45.0 Å². The molecule has 1 fully saturated rings. The molecule has 0 saturated heterocycles. The van der Waals surface area contributed by atoms with Crippen molar-refractivity contribution in [3.05, 3.63) is 35.4 Å². The Labute approximate surface area is 221 Å². The number of nitrogens with two attached hydrogens (primary N) is 2. The fourth-order valence-electron chi connectivity index (χ4n) is 4.01. The quantitative estimate of drug-likeness (QED) is 0.164. The Bertz CT molecular complexity index is 894. The van der Waals surface area contributed by atoms with E-state index in [1.165, 1.54) is 0 Å². The van der Waals surface area contributed by atoms with E-state index in [0.29, 0.717) is 25.9 Å². The second-order valence-corrected chi connectivity index (χ2v) is 10.4. The van der Waals surface area contributed by atoms with Crippen LogP contribution in [0, 0.1) is 12.3 Å². The fourth-order valence-corrected chi connectivity index (χ4v) is 4.01. The van der Waals surface area contributed by atoms with Crippen LogP contribution in [0.1, 0.15) is 77.3 Å². The molecule has 0 aromatic heterocycles. The van der Waals surface area contributed by atoms with Gasteiger partial charge in [-0.3, -0.25) is 9.79 Å². The van der Waals surface area contributed by atoms with E-state index in [0.717, 1.165) is 30.4 Å². The highest BCUT2D eigenvalue weighted by molar-refractivity contribution is 5.81. The number of nitrogens with zero attached hydrogens (tertiary/aromatic N) is 1. The molecule has 0 radical (unpaired) electrons. The smallest absolute Gasteiger partial charge is 0.338 e. The lowest BCUT2D eigenvalue weighted by Crippen LogP contribution is -2.45. The van der Waals surface area contributed by atoms with E-state index in [2.05, 4.69) is 4.99 Å². The van der Waals surface area contributed by atoms with Crippen LogP contribution in [0.4, 0.5) is 0 Å². The molecule has 1 saturated carbocycles. The standard InChI is InChI=1S/C28H45N3O6/c1-6-16-34-18-27(4,24(32)37-23-14-12-22(13-15-23)31-26(29)30)19-35-25(33)28(5,7-2)36-17-21-10-8-20(3)9-11-21/h8-11,22-23H,6-7,12-19H2,1-5H3,(H4,29,30,31). The van der Waals surface area contributed by atoms with Crippen molar-refractivity contribution in [2.24, 2.45) is 21.9 Å². The first kappa shape index (κ1) is 30.6. The summed E-state index contributed by atoms with van der Waals surface area (Å²) in [5.41, 5.74) is 10.8. The fraction of sp³-hybridized carbons (Fsp3) is 0.679. The molecule has 9 nitrogen and oxygen atoms in total. The third kappa shape index (κ3) is 9.63. The molecule has 1 aliphatic rings. The number of aliphatic imine (C=N–C) groups is 1. The molecular weight excluding hydrogens is 474 g/mol. The molecule has 0 spiro atoms. The lowest BCUT2D eigenvalue weighted by atomic mass is 9.91. The molecule has 208 valence electrons. The van der Waals surface area contributed by atoms with Crippen molar-refractivity contribution in [1.29, 1.82) is 0 Å². The van der Waals surface area contributed by atoms with Gasteiger partial charge in [-0.25, -0.2) is 4.79 Å². The minimum Gasteiger partial charge on any atom is -0.462 e. The molecule has 37 heavy (non-hydrogen) atoms. The van der Waals surface area contributed by atoms with Gasteiger partial charge in [0.2, 0.25) is 0 Å². The summed E-state index contributed by atoms with van der Waals surface area (Å²) in [6, 6.07) is 7.99. The topological polar surface area (TPSA) is 135 Å². The van der Waals surface area contributed by atoms with Gasteiger partial charge in [-0.15, -0.1) is 0 Å². The van der Waals surface area contributed by atoms with Crippen LogP contribution in [-0.2, 0) is 35.1 Å². The van der Waals surface area contributed by atoms with Crippen molar-refractivity contribution >= 4 is 17.9 Å². The number of carbonyl (C=O) groups excluding carboxylic acids is 2. The van der Waals surface area contributed by atoms with Gasteiger partial charge in [0.25, 0.3) is 0 Å². The van der Waals surface area contributed by atoms with Crippen LogP contribution in [0.3, 0.4) is 0 Å². The minimum atomic E-state index is -1.15. The van der Waals surface area contributed by atoms with Crippen LogP contribution in [0.5, 0.6) is 0 Å². The molecule has 2 unspecified atom stereocenters. The zero-order valence-corrected chi connectivity index (χ0v) is 23.1. The summed E-state index contributed by atoms with van der Waals surface area (Å²) in [7, 11) is 0. The number of hydrogen-bond acceptors (Lipinski definition) is 7.